The fourth-order valence-electron chi connectivity index (χ4n) is 2.44. The van der Waals surface area contributed by atoms with Crippen LogP contribution < -0.4 is 5.32 Å². The van der Waals surface area contributed by atoms with Crippen LogP contribution in [0.5, 0.6) is 0 Å². The molecule has 0 aliphatic heterocycles. The van der Waals surface area contributed by atoms with Crippen LogP contribution in [0.25, 0.3) is 11.3 Å². The van der Waals surface area contributed by atoms with E-state index in [-0.39, 0.29) is 27.6 Å². The van der Waals surface area contributed by atoms with E-state index in [0.717, 1.165) is 5.69 Å². The first kappa shape index (κ1) is 16.2. The van der Waals surface area contributed by atoms with Crippen molar-refractivity contribution in [3.05, 3.63) is 52.1 Å². The van der Waals surface area contributed by atoms with Gasteiger partial charge in [0.15, 0.2) is 0 Å². The van der Waals surface area contributed by atoms with Crippen LogP contribution in [0.3, 0.4) is 0 Å². The van der Waals surface area contributed by atoms with Gasteiger partial charge in [-0.2, -0.15) is 5.10 Å². The van der Waals surface area contributed by atoms with E-state index in [4.69, 9.17) is 16.1 Å². The number of hydrogen-bond acceptors (Lipinski definition) is 4. The molecule has 6 nitrogen and oxygen atoms in total. The van der Waals surface area contributed by atoms with E-state index in [0.29, 0.717) is 5.82 Å². The quantitative estimate of drug-likeness (QED) is 0.782. The van der Waals surface area contributed by atoms with Gasteiger partial charge < -0.3 is 9.84 Å². The highest BCUT2D eigenvalue weighted by Crippen LogP contribution is 2.33. The fraction of sp³-hybridized carbons (Fsp3) is 0.188. The zero-order chi connectivity index (χ0) is 17.4. The predicted molar refractivity (Wildman–Crippen MR) is 87.5 cm³/mol. The van der Waals surface area contributed by atoms with Crippen LogP contribution in [0.2, 0.25) is 5.02 Å². The lowest BCUT2D eigenvalue weighted by atomic mass is 10.0. The number of aryl methyl sites for hydroxylation is 3. The van der Waals surface area contributed by atoms with Gasteiger partial charge in [-0.1, -0.05) is 22.8 Å². The van der Waals surface area contributed by atoms with E-state index in [1.165, 1.54) is 22.9 Å². The Morgan fingerprint density at radius 1 is 1.38 bits per heavy atom. The molecule has 0 bridgehead atoms. The molecule has 1 N–H and O–H groups in total. The Labute approximate surface area is 142 Å². The second-order valence-electron chi connectivity index (χ2n) is 5.31. The van der Waals surface area contributed by atoms with Crippen molar-refractivity contribution in [3.63, 3.8) is 0 Å². The van der Waals surface area contributed by atoms with Gasteiger partial charge in [0.2, 0.25) is 0 Å². The summed E-state index contributed by atoms with van der Waals surface area (Å²) >= 11 is 6.07. The van der Waals surface area contributed by atoms with E-state index >= 15 is 0 Å². The van der Waals surface area contributed by atoms with Crippen LogP contribution in [0.4, 0.5) is 10.2 Å². The van der Waals surface area contributed by atoms with Gasteiger partial charge >= 0.3 is 0 Å². The molecule has 0 spiro atoms. The summed E-state index contributed by atoms with van der Waals surface area (Å²) in [6, 6.07) is 5.97. The highest BCUT2D eigenvalue weighted by Gasteiger charge is 2.26. The molecule has 0 saturated carbocycles. The van der Waals surface area contributed by atoms with Crippen molar-refractivity contribution in [1.29, 1.82) is 0 Å². The zero-order valence-corrected chi connectivity index (χ0v) is 14.0. The number of nitrogens with one attached hydrogen (secondary N) is 1. The molecule has 0 fully saturated rings. The Morgan fingerprint density at radius 2 is 2.12 bits per heavy atom. The summed E-state index contributed by atoms with van der Waals surface area (Å²) in [7, 11) is 1.71. The third kappa shape index (κ3) is 2.78. The molecular formula is C16H14ClFN4O2. The topological polar surface area (TPSA) is 73.0 Å². The lowest BCUT2D eigenvalue weighted by Crippen LogP contribution is -2.16. The van der Waals surface area contributed by atoms with Crippen molar-refractivity contribution < 1.29 is 13.7 Å². The number of halogens is 2. The third-order valence-corrected chi connectivity index (χ3v) is 3.85. The molecule has 1 aromatic carbocycles. The first-order valence-electron chi connectivity index (χ1n) is 7.11. The third-order valence-electron chi connectivity index (χ3n) is 3.53. The highest BCUT2D eigenvalue weighted by atomic mass is 35.5. The number of amides is 1. The van der Waals surface area contributed by atoms with E-state index in [1.807, 2.05) is 6.92 Å². The van der Waals surface area contributed by atoms with Gasteiger partial charge in [-0.3, -0.25) is 9.48 Å². The minimum Gasteiger partial charge on any atom is -0.360 e. The summed E-state index contributed by atoms with van der Waals surface area (Å²) < 4.78 is 20.8. The van der Waals surface area contributed by atoms with Crippen molar-refractivity contribution in [2.75, 3.05) is 5.32 Å². The SMILES string of the molecule is Cc1cc(NC(=O)c2c(-c3c(F)cccc3Cl)noc2C)n(C)n1. The molecule has 24 heavy (non-hydrogen) atoms. The number of carbonyl (C=O) groups excluding carboxylic acids is 1. The Morgan fingerprint density at radius 3 is 2.75 bits per heavy atom. The zero-order valence-electron chi connectivity index (χ0n) is 13.2. The summed E-state index contributed by atoms with van der Waals surface area (Å²) in [4.78, 5) is 12.7. The van der Waals surface area contributed by atoms with Crippen LogP contribution in [0.15, 0.2) is 28.8 Å². The average Bonchev–Trinajstić information content (AvgIpc) is 3.02. The molecular weight excluding hydrogens is 335 g/mol. The molecule has 124 valence electrons. The number of benzene rings is 1. The number of hydrogen-bond donors (Lipinski definition) is 1. The second-order valence-corrected chi connectivity index (χ2v) is 5.71. The number of carbonyl (C=O) groups is 1. The first-order chi connectivity index (χ1) is 11.4. The van der Waals surface area contributed by atoms with Crippen LogP contribution in [0.1, 0.15) is 21.8 Å². The van der Waals surface area contributed by atoms with Gasteiger partial charge in [-0.15, -0.1) is 0 Å². The van der Waals surface area contributed by atoms with E-state index < -0.39 is 11.7 Å². The number of nitrogens with zero attached hydrogens (tertiary/aromatic N) is 3. The van der Waals surface area contributed by atoms with Crippen molar-refractivity contribution in [3.8, 4) is 11.3 Å². The lowest BCUT2D eigenvalue weighted by molar-refractivity contribution is 0.102. The van der Waals surface area contributed by atoms with Gasteiger partial charge in [-0.25, -0.2) is 4.39 Å². The van der Waals surface area contributed by atoms with Crippen LogP contribution >= 0.6 is 11.6 Å². The Hall–Kier alpha value is -2.67. The molecule has 0 radical (unpaired) electrons. The molecule has 0 unspecified atom stereocenters. The van der Waals surface area contributed by atoms with Gasteiger partial charge in [0, 0.05) is 13.1 Å². The van der Waals surface area contributed by atoms with Crippen molar-refractivity contribution in [2.45, 2.75) is 13.8 Å². The van der Waals surface area contributed by atoms with Crippen molar-refractivity contribution in [2.24, 2.45) is 7.05 Å². The summed E-state index contributed by atoms with van der Waals surface area (Å²) in [6.45, 7) is 3.39. The molecule has 3 aromatic rings. The summed E-state index contributed by atoms with van der Waals surface area (Å²) in [5, 5.41) is 10.8. The molecule has 2 heterocycles. The van der Waals surface area contributed by atoms with Crippen LogP contribution in [-0.4, -0.2) is 20.8 Å². The van der Waals surface area contributed by atoms with Gasteiger partial charge in [0.05, 0.1) is 16.3 Å². The summed E-state index contributed by atoms with van der Waals surface area (Å²) in [5.41, 5.74) is 0.974. The Bertz CT molecular complexity index is 912. The van der Waals surface area contributed by atoms with E-state index in [1.54, 1.807) is 20.0 Å². The predicted octanol–water partition coefficient (Wildman–Crippen LogP) is 3.74. The maximum absolute atomic E-state index is 14.2. The molecule has 0 aliphatic carbocycles. The standard InChI is InChI=1S/C16H14ClFN4O2/c1-8-7-12(22(3)20-8)19-16(23)13-9(2)24-21-15(13)14-10(17)5-4-6-11(14)18/h4-7H,1-3H3,(H,19,23). The largest absolute Gasteiger partial charge is 0.360 e. The number of aromatic nitrogens is 3. The smallest absolute Gasteiger partial charge is 0.262 e. The summed E-state index contributed by atoms with van der Waals surface area (Å²) in [6.07, 6.45) is 0. The maximum Gasteiger partial charge on any atom is 0.262 e. The minimum absolute atomic E-state index is 0.0300. The molecule has 0 saturated heterocycles. The minimum atomic E-state index is -0.582. The monoisotopic (exact) mass is 348 g/mol. The number of anilines is 1. The maximum atomic E-state index is 14.2. The van der Waals surface area contributed by atoms with Crippen molar-refractivity contribution in [1.82, 2.24) is 14.9 Å². The van der Waals surface area contributed by atoms with Crippen LogP contribution in [-0.2, 0) is 7.05 Å². The number of rotatable bonds is 3. The highest BCUT2D eigenvalue weighted by molar-refractivity contribution is 6.33. The Kier molecular flexibility index (Phi) is 4.11. The van der Waals surface area contributed by atoms with E-state index in [9.17, 15) is 9.18 Å². The lowest BCUT2D eigenvalue weighted by Gasteiger charge is -2.07. The van der Waals surface area contributed by atoms with Crippen molar-refractivity contribution >= 4 is 23.3 Å². The first-order valence-corrected chi connectivity index (χ1v) is 7.49. The van der Waals surface area contributed by atoms with Gasteiger partial charge in [0.25, 0.3) is 5.91 Å². The molecule has 8 heteroatoms. The van der Waals surface area contributed by atoms with E-state index in [2.05, 4.69) is 15.6 Å². The molecule has 3 rings (SSSR count). The summed E-state index contributed by atoms with van der Waals surface area (Å²) in [5.74, 6) is -0.295. The van der Waals surface area contributed by atoms with Gasteiger partial charge in [0.1, 0.15) is 28.7 Å². The second kappa shape index (κ2) is 6.09. The fourth-order valence-corrected chi connectivity index (χ4v) is 2.69. The molecule has 0 atom stereocenters. The van der Waals surface area contributed by atoms with Gasteiger partial charge in [-0.05, 0) is 26.0 Å². The van der Waals surface area contributed by atoms with Crippen LogP contribution in [0, 0.1) is 19.7 Å². The normalized spacial score (nSPS) is 10.9. The molecule has 0 aliphatic rings. The average molecular weight is 349 g/mol. The molecule has 2 aromatic heterocycles. The Balaban J connectivity index is 2.05. The molecule has 1 amide bonds.